The fourth-order valence-corrected chi connectivity index (χ4v) is 9.81. The van der Waals surface area contributed by atoms with Crippen molar-refractivity contribution in [3.05, 3.63) is 180 Å². The summed E-state index contributed by atoms with van der Waals surface area (Å²) in [5.74, 6) is 1.94. The number of fused-ring (bicyclic) bond motifs is 7. The van der Waals surface area contributed by atoms with E-state index in [1.807, 2.05) is 115 Å². The summed E-state index contributed by atoms with van der Waals surface area (Å²) in [5.41, 5.74) is 14.1. The van der Waals surface area contributed by atoms with Crippen LogP contribution in [0.15, 0.2) is 168 Å². The maximum atomic E-state index is 8.27. The number of benzene rings is 7. The van der Waals surface area contributed by atoms with E-state index in [4.69, 9.17) is 30.5 Å². The quantitative estimate of drug-likeness (QED) is 0.170. The molecule has 0 aliphatic carbocycles. The number of nitrogens with two attached hydrogens (primary N) is 1. The lowest BCUT2D eigenvalue weighted by Crippen LogP contribution is -2.01. The van der Waals surface area contributed by atoms with Crippen LogP contribution < -0.4 is 5.73 Å². The van der Waals surface area contributed by atoms with Gasteiger partial charge in [-0.3, -0.25) is 5.41 Å². The molecule has 7 aromatic carbocycles. The first kappa shape index (κ1) is 34.5. The summed E-state index contributed by atoms with van der Waals surface area (Å²) in [5, 5.41) is 13.8. The molecular formula is C49H33N5OS2. The van der Waals surface area contributed by atoms with Crippen LogP contribution in [0.25, 0.3) is 86.4 Å². The van der Waals surface area contributed by atoms with Gasteiger partial charge in [-0.1, -0.05) is 133 Å². The van der Waals surface area contributed by atoms with E-state index in [0.717, 1.165) is 59.2 Å². The number of rotatable bonds is 5. The average Bonchev–Trinajstić information content (AvgIpc) is 3.96. The van der Waals surface area contributed by atoms with Crippen LogP contribution in [0.5, 0.6) is 0 Å². The Morgan fingerprint density at radius 2 is 1.07 bits per heavy atom. The summed E-state index contributed by atoms with van der Waals surface area (Å²) in [7, 11) is 0. The van der Waals surface area contributed by atoms with Crippen molar-refractivity contribution in [1.29, 1.82) is 5.41 Å². The molecule has 0 saturated heterocycles. The molecule has 11 rings (SSSR count). The standard InChI is InChI=1S/C34H21N3OS.C15H12N2S/c1-20-10-7-18-27-29(20)31-24(15-9-19-28(31)39-27)34-36-32(21-11-3-2-4-12-21)35-33(37-34)23-14-8-17-26-30(23)22-13-5-6-16-25(22)38-26;16-13(10-6-2-1-3-7-10)15-14(17)11-8-4-5-9-12(11)18-15/h2-19H,1H3;1-9,16H,17H2. The van der Waals surface area contributed by atoms with E-state index in [-0.39, 0.29) is 0 Å². The summed E-state index contributed by atoms with van der Waals surface area (Å²) in [6.07, 6.45) is 0. The van der Waals surface area contributed by atoms with E-state index in [1.54, 1.807) is 22.7 Å². The number of thiophene rings is 2. The third kappa shape index (κ3) is 6.12. The maximum Gasteiger partial charge on any atom is 0.164 e. The van der Waals surface area contributed by atoms with Crippen LogP contribution in [0.2, 0.25) is 0 Å². The molecule has 0 amide bonds. The number of anilines is 1. The number of nitrogen functional groups attached to an aromatic ring is 1. The van der Waals surface area contributed by atoms with Crippen molar-refractivity contribution in [3.63, 3.8) is 0 Å². The second-order valence-electron chi connectivity index (χ2n) is 13.8. The Morgan fingerprint density at radius 1 is 0.509 bits per heavy atom. The monoisotopic (exact) mass is 771 g/mol. The fourth-order valence-electron chi connectivity index (χ4n) is 7.51. The predicted molar refractivity (Wildman–Crippen MR) is 240 cm³/mol. The molecule has 11 aromatic rings. The number of nitrogens with zero attached hydrogens (tertiary/aromatic N) is 3. The maximum absolute atomic E-state index is 8.27. The van der Waals surface area contributed by atoms with E-state index in [2.05, 4.69) is 55.5 Å². The Morgan fingerprint density at radius 3 is 1.82 bits per heavy atom. The van der Waals surface area contributed by atoms with Gasteiger partial charge in [0.05, 0.1) is 16.3 Å². The van der Waals surface area contributed by atoms with Gasteiger partial charge in [0, 0.05) is 63.3 Å². The van der Waals surface area contributed by atoms with Crippen molar-refractivity contribution in [2.75, 3.05) is 5.73 Å². The number of furan rings is 1. The van der Waals surface area contributed by atoms with Gasteiger partial charge in [0.25, 0.3) is 0 Å². The minimum Gasteiger partial charge on any atom is -0.456 e. The fraction of sp³-hybridized carbons (Fsp3) is 0.0204. The van der Waals surface area contributed by atoms with Crippen molar-refractivity contribution in [1.82, 2.24) is 15.0 Å². The first-order chi connectivity index (χ1) is 28.0. The Balaban J connectivity index is 0.000000184. The second-order valence-corrected chi connectivity index (χ2v) is 15.9. The van der Waals surface area contributed by atoms with E-state index in [1.165, 1.54) is 25.7 Å². The highest BCUT2D eigenvalue weighted by Gasteiger charge is 2.20. The lowest BCUT2D eigenvalue weighted by atomic mass is 10.0. The van der Waals surface area contributed by atoms with Gasteiger partial charge >= 0.3 is 0 Å². The van der Waals surface area contributed by atoms with Gasteiger partial charge in [0.15, 0.2) is 17.5 Å². The van der Waals surface area contributed by atoms with Crippen LogP contribution in [0.1, 0.15) is 16.0 Å². The summed E-state index contributed by atoms with van der Waals surface area (Å²) in [6.45, 7) is 2.17. The van der Waals surface area contributed by atoms with Crippen LogP contribution in [0.4, 0.5) is 5.69 Å². The molecule has 0 atom stereocenters. The third-order valence-corrected chi connectivity index (χ3v) is 12.5. The van der Waals surface area contributed by atoms with Crippen LogP contribution in [0, 0.1) is 12.3 Å². The lowest BCUT2D eigenvalue weighted by molar-refractivity contribution is 0.669. The van der Waals surface area contributed by atoms with Gasteiger partial charge < -0.3 is 10.2 Å². The van der Waals surface area contributed by atoms with Crippen molar-refractivity contribution in [3.8, 4) is 34.2 Å². The molecule has 0 spiro atoms. The molecule has 0 radical (unpaired) electrons. The largest absolute Gasteiger partial charge is 0.456 e. The van der Waals surface area contributed by atoms with Crippen LogP contribution in [0.3, 0.4) is 0 Å². The van der Waals surface area contributed by atoms with Crippen molar-refractivity contribution >= 4 is 86.3 Å². The molecule has 4 aromatic heterocycles. The van der Waals surface area contributed by atoms with Crippen LogP contribution in [-0.4, -0.2) is 20.7 Å². The smallest absolute Gasteiger partial charge is 0.164 e. The first-order valence-electron chi connectivity index (χ1n) is 18.6. The average molecular weight is 772 g/mol. The topological polar surface area (TPSA) is 102 Å². The molecule has 57 heavy (non-hydrogen) atoms. The summed E-state index contributed by atoms with van der Waals surface area (Å²) in [4.78, 5) is 16.1. The molecule has 272 valence electrons. The van der Waals surface area contributed by atoms with Gasteiger partial charge in [-0.25, -0.2) is 15.0 Å². The minimum absolute atomic E-state index is 0.495. The van der Waals surface area contributed by atoms with Crippen molar-refractivity contribution in [2.45, 2.75) is 6.92 Å². The van der Waals surface area contributed by atoms with E-state index in [9.17, 15) is 0 Å². The van der Waals surface area contributed by atoms with Gasteiger partial charge in [-0.2, -0.15) is 0 Å². The predicted octanol–water partition coefficient (Wildman–Crippen LogP) is 13.3. The zero-order valence-electron chi connectivity index (χ0n) is 30.7. The molecule has 8 heteroatoms. The van der Waals surface area contributed by atoms with E-state index in [0.29, 0.717) is 28.9 Å². The number of aromatic nitrogens is 3. The Kier molecular flexibility index (Phi) is 8.62. The van der Waals surface area contributed by atoms with Gasteiger partial charge in [-0.15, -0.1) is 22.7 Å². The third-order valence-electron chi connectivity index (χ3n) is 10.2. The molecule has 3 N–H and O–H groups in total. The van der Waals surface area contributed by atoms with Crippen molar-refractivity contribution in [2.24, 2.45) is 0 Å². The highest BCUT2D eigenvalue weighted by atomic mass is 32.1. The van der Waals surface area contributed by atoms with Gasteiger partial charge in [0.1, 0.15) is 11.2 Å². The number of nitrogens with one attached hydrogen (secondary N) is 1. The Hall–Kier alpha value is -7.00. The molecule has 4 heterocycles. The Bertz CT molecular complexity index is 3290. The number of hydrogen-bond donors (Lipinski definition) is 2. The van der Waals surface area contributed by atoms with Crippen molar-refractivity contribution < 1.29 is 4.42 Å². The molecular weight excluding hydrogens is 739 g/mol. The SMILES string of the molecule is Cc1cccc2sc3cccc(-c4nc(-c5ccccc5)nc(-c5cccc6oc7ccccc7c56)n4)c3c12.N=C(c1ccccc1)c1sc2ccccc2c1N. The summed E-state index contributed by atoms with van der Waals surface area (Å²) >= 11 is 3.38. The lowest BCUT2D eigenvalue weighted by Gasteiger charge is -2.10. The summed E-state index contributed by atoms with van der Waals surface area (Å²) < 4.78 is 9.81. The molecule has 0 aliphatic heterocycles. The highest BCUT2D eigenvalue weighted by Crippen LogP contribution is 2.42. The minimum atomic E-state index is 0.495. The van der Waals surface area contributed by atoms with Crippen LogP contribution in [-0.2, 0) is 0 Å². The first-order valence-corrected chi connectivity index (χ1v) is 20.2. The molecule has 0 fully saturated rings. The molecule has 0 aliphatic rings. The van der Waals surface area contributed by atoms with E-state index >= 15 is 0 Å². The molecule has 0 unspecified atom stereocenters. The van der Waals surface area contributed by atoms with Gasteiger partial charge in [-0.05, 0) is 42.8 Å². The van der Waals surface area contributed by atoms with Gasteiger partial charge in [0.2, 0.25) is 0 Å². The second kappa shape index (κ2) is 14.3. The summed E-state index contributed by atoms with van der Waals surface area (Å²) in [6, 6.07) is 54.9. The number of hydrogen-bond acceptors (Lipinski definition) is 8. The number of para-hydroxylation sites is 1. The molecule has 0 bridgehead atoms. The number of aryl methyl sites for hydroxylation is 1. The zero-order chi connectivity index (χ0) is 38.5. The molecule has 0 saturated carbocycles. The normalized spacial score (nSPS) is 11.4. The van der Waals surface area contributed by atoms with E-state index < -0.39 is 0 Å². The molecule has 6 nitrogen and oxygen atoms in total. The van der Waals surface area contributed by atoms with Crippen LogP contribution >= 0.6 is 22.7 Å². The highest BCUT2D eigenvalue weighted by molar-refractivity contribution is 7.26. The zero-order valence-corrected chi connectivity index (χ0v) is 32.4. The Labute approximate surface area is 336 Å².